The Morgan fingerprint density at radius 2 is 1.68 bits per heavy atom. The molecule has 41 heavy (non-hydrogen) atoms. The Bertz CT molecular complexity index is 1430. The number of hydrogen-bond acceptors (Lipinski definition) is 6. The molecule has 1 amide bonds. The Labute approximate surface area is 241 Å². The van der Waals surface area contributed by atoms with Crippen molar-refractivity contribution in [2.45, 2.75) is 25.1 Å². The number of rotatable bonds is 13. The summed E-state index contributed by atoms with van der Waals surface area (Å²) in [7, 11) is 1.28. The van der Waals surface area contributed by atoms with Crippen LogP contribution < -0.4 is 5.32 Å². The van der Waals surface area contributed by atoms with Crippen LogP contribution in [0.5, 0.6) is 0 Å². The minimum absolute atomic E-state index is 0.301. The Kier molecular flexibility index (Phi) is 10.6. The molecule has 0 saturated carbocycles. The summed E-state index contributed by atoms with van der Waals surface area (Å²) in [5.74, 6) is -1.13. The van der Waals surface area contributed by atoms with E-state index in [4.69, 9.17) is 9.47 Å². The van der Waals surface area contributed by atoms with Crippen LogP contribution in [0.3, 0.4) is 0 Å². The van der Waals surface area contributed by atoms with Crippen LogP contribution in [0.1, 0.15) is 34.0 Å². The van der Waals surface area contributed by atoms with E-state index in [9.17, 15) is 18.4 Å². The van der Waals surface area contributed by atoms with Crippen LogP contribution in [0.25, 0.3) is 11.1 Å². The summed E-state index contributed by atoms with van der Waals surface area (Å²) < 4.78 is 40.6. The molecule has 1 heterocycles. The molecule has 1 aromatic heterocycles. The highest BCUT2D eigenvalue weighted by Crippen LogP contribution is 2.32. The second-order valence-electron chi connectivity index (χ2n) is 9.25. The molecule has 0 aliphatic carbocycles. The Morgan fingerprint density at radius 3 is 2.32 bits per heavy atom. The highest BCUT2D eigenvalue weighted by atomic mass is 32.2. The van der Waals surface area contributed by atoms with Crippen LogP contribution in [0.2, 0.25) is 0 Å². The Hall–Kier alpha value is -4.02. The fourth-order valence-electron chi connectivity index (χ4n) is 4.37. The number of nitrogens with zero attached hydrogens (tertiary/aromatic N) is 2. The van der Waals surface area contributed by atoms with Crippen LogP contribution in [-0.4, -0.2) is 53.2 Å². The van der Waals surface area contributed by atoms with Crippen LogP contribution in [-0.2, 0) is 20.8 Å². The van der Waals surface area contributed by atoms with E-state index in [1.54, 1.807) is 60.7 Å². The van der Waals surface area contributed by atoms with Crippen LogP contribution >= 0.6 is 11.8 Å². The maximum atomic E-state index is 13.8. The van der Waals surface area contributed by atoms with E-state index in [1.165, 1.54) is 31.4 Å². The first-order valence-corrected chi connectivity index (χ1v) is 14.4. The number of methoxy groups -OCH3 is 1. The van der Waals surface area contributed by atoms with Crippen molar-refractivity contribution in [1.82, 2.24) is 14.9 Å². The van der Waals surface area contributed by atoms with E-state index in [2.05, 4.69) is 10.3 Å². The molecule has 0 saturated heterocycles. The number of hydrogen-bond donors (Lipinski definition) is 1. The molecule has 1 unspecified atom stereocenters. The summed E-state index contributed by atoms with van der Waals surface area (Å²) in [5, 5.41) is 2.79. The van der Waals surface area contributed by atoms with Gasteiger partial charge in [-0.15, -0.1) is 0 Å². The normalized spacial score (nSPS) is 12.5. The molecular formula is C31H31F2N3O4S. The van der Waals surface area contributed by atoms with Crippen molar-refractivity contribution in [3.8, 4) is 11.1 Å². The topological polar surface area (TPSA) is 82.5 Å². The van der Waals surface area contributed by atoms with E-state index in [0.717, 1.165) is 5.56 Å². The largest absolute Gasteiger partial charge is 0.467 e. The third kappa shape index (κ3) is 8.02. The second kappa shape index (κ2) is 14.6. The smallest absolute Gasteiger partial charge is 0.328 e. The van der Waals surface area contributed by atoms with Crippen molar-refractivity contribution in [3.63, 3.8) is 0 Å². The van der Waals surface area contributed by atoms with Gasteiger partial charge < -0.3 is 19.4 Å². The predicted molar refractivity (Wildman–Crippen MR) is 155 cm³/mol. The van der Waals surface area contributed by atoms with Crippen molar-refractivity contribution < 1.29 is 27.8 Å². The van der Waals surface area contributed by atoms with Gasteiger partial charge in [-0.1, -0.05) is 30.3 Å². The number of benzene rings is 3. The first-order valence-electron chi connectivity index (χ1n) is 13.0. The Morgan fingerprint density at radius 1 is 1.00 bits per heavy atom. The summed E-state index contributed by atoms with van der Waals surface area (Å²) in [5.41, 5.74) is 2.87. The van der Waals surface area contributed by atoms with Gasteiger partial charge in [0.1, 0.15) is 23.8 Å². The van der Waals surface area contributed by atoms with Gasteiger partial charge in [-0.2, -0.15) is 11.8 Å². The molecule has 0 aliphatic rings. The first kappa shape index (κ1) is 30.0. The van der Waals surface area contributed by atoms with Gasteiger partial charge >= 0.3 is 5.97 Å². The average molecular weight is 580 g/mol. The fourth-order valence-corrected chi connectivity index (χ4v) is 4.84. The van der Waals surface area contributed by atoms with Gasteiger partial charge in [-0.3, -0.25) is 4.79 Å². The zero-order chi connectivity index (χ0) is 29.2. The van der Waals surface area contributed by atoms with Gasteiger partial charge in [0.2, 0.25) is 0 Å². The summed E-state index contributed by atoms with van der Waals surface area (Å²) in [6.45, 7) is 0.886. The van der Waals surface area contributed by atoms with E-state index < -0.39 is 29.8 Å². The molecule has 0 aliphatic heterocycles. The van der Waals surface area contributed by atoms with Crippen molar-refractivity contribution in [2.75, 3.05) is 25.7 Å². The number of esters is 1. The number of ether oxygens (including phenoxy) is 2. The molecule has 0 spiro atoms. The molecule has 4 aromatic rings. The number of carbonyl (C=O) groups excluding carboxylic acids is 2. The second-order valence-corrected chi connectivity index (χ2v) is 10.2. The minimum Gasteiger partial charge on any atom is -0.467 e. The van der Waals surface area contributed by atoms with Crippen molar-refractivity contribution >= 4 is 23.6 Å². The third-order valence-electron chi connectivity index (χ3n) is 6.51. The standard InChI is InChI=1S/C31H31F2N3O4S/c1-39-31(38)28(13-18-41-2)35-30(37)26-12-7-23(19-27(26)21-3-8-24(32)9-4-21)29(22-5-10-25(33)11-6-22)40-17-16-36-15-14-34-20-36/h3-12,14-15,19-20,28-29H,13,16-18H2,1-2H3,(H,35,37)/t28-,29?/m0/s1. The van der Waals surface area contributed by atoms with E-state index in [1.807, 2.05) is 23.1 Å². The van der Waals surface area contributed by atoms with Crippen LogP contribution in [0.15, 0.2) is 85.5 Å². The molecule has 0 fully saturated rings. The van der Waals surface area contributed by atoms with E-state index >= 15 is 0 Å². The molecule has 10 heteroatoms. The zero-order valence-corrected chi connectivity index (χ0v) is 23.6. The van der Waals surface area contributed by atoms with Gasteiger partial charge in [0, 0.05) is 24.5 Å². The van der Waals surface area contributed by atoms with Crippen LogP contribution in [0, 0.1) is 11.6 Å². The average Bonchev–Trinajstić information content (AvgIpc) is 3.51. The molecule has 4 rings (SSSR count). The number of thioether (sulfide) groups is 1. The highest BCUT2D eigenvalue weighted by molar-refractivity contribution is 7.98. The maximum Gasteiger partial charge on any atom is 0.328 e. The van der Waals surface area contributed by atoms with Gasteiger partial charge in [0.05, 0.1) is 20.0 Å². The molecule has 214 valence electrons. The molecule has 0 bridgehead atoms. The maximum absolute atomic E-state index is 13.8. The number of aromatic nitrogens is 2. The lowest BCUT2D eigenvalue weighted by atomic mass is 9.92. The van der Waals surface area contributed by atoms with E-state index in [0.29, 0.717) is 47.6 Å². The summed E-state index contributed by atoms with van der Waals surface area (Å²) in [6, 6.07) is 16.3. The lowest BCUT2D eigenvalue weighted by Gasteiger charge is -2.22. The monoisotopic (exact) mass is 579 g/mol. The molecule has 3 aromatic carbocycles. The fraction of sp³-hybridized carbons (Fsp3) is 0.258. The first-order chi connectivity index (χ1) is 19.9. The summed E-state index contributed by atoms with van der Waals surface area (Å²) in [4.78, 5) is 29.9. The van der Waals surface area contributed by atoms with E-state index in [-0.39, 0.29) is 5.82 Å². The molecular weight excluding hydrogens is 548 g/mol. The quantitative estimate of drug-likeness (QED) is 0.206. The highest BCUT2D eigenvalue weighted by Gasteiger charge is 2.25. The van der Waals surface area contributed by atoms with Gasteiger partial charge in [0.15, 0.2) is 0 Å². The molecule has 0 radical (unpaired) electrons. The lowest BCUT2D eigenvalue weighted by Crippen LogP contribution is -2.42. The van der Waals surface area contributed by atoms with Crippen molar-refractivity contribution in [2.24, 2.45) is 0 Å². The van der Waals surface area contributed by atoms with Crippen molar-refractivity contribution in [1.29, 1.82) is 0 Å². The summed E-state index contributed by atoms with van der Waals surface area (Å²) >= 11 is 1.55. The predicted octanol–water partition coefficient (Wildman–Crippen LogP) is 5.66. The molecule has 7 nitrogen and oxygen atoms in total. The number of halogens is 2. The minimum atomic E-state index is -0.820. The molecule has 1 N–H and O–H groups in total. The SMILES string of the molecule is COC(=O)[C@H](CCSC)NC(=O)c1ccc(C(OCCn2ccnc2)c2ccc(F)cc2)cc1-c1ccc(F)cc1. The van der Waals surface area contributed by atoms with Gasteiger partial charge in [0.25, 0.3) is 5.91 Å². The summed E-state index contributed by atoms with van der Waals surface area (Å²) in [6.07, 6.45) is 6.94. The van der Waals surface area contributed by atoms with Gasteiger partial charge in [-0.25, -0.2) is 18.6 Å². The number of nitrogens with one attached hydrogen (secondary N) is 1. The number of imidazole rings is 1. The zero-order valence-electron chi connectivity index (χ0n) is 22.8. The lowest BCUT2D eigenvalue weighted by molar-refractivity contribution is -0.142. The Balaban J connectivity index is 1.71. The van der Waals surface area contributed by atoms with Crippen molar-refractivity contribution in [3.05, 3.63) is 114 Å². The molecule has 2 atom stereocenters. The van der Waals surface area contributed by atoms with Gasteiger partial charge in [-0.05, 0) is 77.1 Å². The van der Waals surface area contributed by atoms with Crippen LogP contribution in [0.4, 0.5) is 8.78 Å². The third-order valence-corrected chi connectivity index (χ3v) is 7.16. The number of amides is 1. The number of carbonyl (C=O) groups is 2.